The van der Waals surface area contributed by atoms with Gasteiger partial charge in [0.25, 0.3) is 5.91 Å². The molecule has 6 nitrogen and oxygen atoms in total. The molecule has 3 aromatic rings. The molecule has 1 fully saturated rings. The van der Waals surface area contributed by atoms with E-state index in [1.54, 1.807) is 35.4 Å². The van der Waals surface area contributed by atoms with Gasteiger partial charge in [0.15, 0.2) is 0 Å². The molecular formula is C18H15ClN4O2. The first-order valence-electron chi connectivity index (χ1n) is 8.01. The molecule has 126 valence electrons. The topological polar surface area (TPSA) is 72.1 Å². The van der Waals surface area contributed by atoms with Gasteiger partial charge in [-0.05, 0) is 37.1 Å². The smallest absolute Gasteiger partial charge is 0.273 e. The summed E-state index contributed by atoms with van der Waals surface area (Å²) in [5.41, 5.74) is 1.09. The van der Waals surface area contributed by atoms with Crippen LogP contribution in [-0.2, 0) is 6.54 Å². The van der Waals surface area contributed by atoms with Gasteiger partial charge >= 0.3 is 0 Å². The van der Waals surface area contributed by atoms with Gasteiger partial charge in [-0.25, -0.2) is 0 Å². The van der Waals surface area contributed by atoms with Crippen molar-refractivity contribution in [3.05, 3.63) is 65.3 Å². The van der Waals surface area contributed by atoms with Crippen molar-refractivity contribution < 1.29 is 9.21 Å². The maximum absolute atomic E-state index is 12.7. The van der Waals surface area contributed by atoms with Crippen LogP contribution in [-0.4, -0.2) is 32.0 Å². The number of nitrogens with zero attached hydrogens (tertiary/aromatic N) is 4. The lowest BCUT2D eigenvalue weighted by Gasteiger charge is -2.19. The Hall–Kier alpha value is -2.73. The first-order valence-corrected chi connectivity index (χ1v) is 8.39. The van der Waals surface area contributed by atoms with Crippen molar-refractivity contribution in [2.75, 3.05) is 0 Å². The lowest BCUT2D eigenvalue weighted by atomic mass is 10.2. The van der Waals surface area contributed by atoms with E-state index < -0.39 is 0 Å². The molecule has 25 heavy (non-hydrogen) atoms. The Labute approximate surface area is 149 Å². The van der Waals surface area contributed by atoms with Crippen molar-refractivity contribution in [1.82, 2.24) is 20.1 Å². The molecule has 1 amide bonds. The number of amides is 1. The van der Waals surface area contributed by atoms with Gasteiger partial charge in [-0.1, -0.05) is 29.8 Å². The van der Waals surface area contributed by atoms with Crippen LogP contribution >= 0.6 is 11.6 Å². The van der Waals surface area contributed by atoms with Crippen LogP contribution in [0.25, 0.3) is 11.5 Å². The summed E-state index contributed by atoms with van der Waals surface area (Å²) in [7, 11) is 0. The van der Waals surface area contributed by atoms with E-state index in [0.717, 1.165) is 12.8 Å². The molecule has 0 unspecified atom stereocenters. The third kappa shape index (κ3) is 3.39. The maximum atomic E-state index is 12.7. The van der Waals surface area contributed by atoms with Gasteiger partial charge in [0.05, 0.1) is 17.1 Å². The average Bonchev–Trinajstić information content (AvgIpc) is 3.39. The summed E-state index contributed by atoms with van der Waals surface area (Å²) in [6.45, 7) is 0.261. The number of hydrogen-bond acceptors (Lipinski definition) is 5. The van der Waals surface area contributed by atoms with E-state index in [-0.39, 0.29) is 18.5 Å². The van der Waals surface area contributed by atoms with E-state index in [0.29, 0.717) is 28.1 Å². The van der Waals surface area contributed by atoms with Gasteiger partial charge in [0, 0.05) is 12.2 Å². The molecule has 0 saturated heterocycles. The van der Waals surface area contributed by atoms with Crippen LogP contribution in [0.15, 0.2) is 53.1 Å². The van der Waals surface area contributed by atoms with E-state index in [2.05, 4.69) is 15.2 Å². The molecule has 1 aliphatic rings. The van der Waals surface area contributed by atoms with Crippen LogP contribution in [0.1, 0.15) is 29.2 Å². The van der Waals surface area contributed by atoms with Crippen molar-refractivity contribution >= 4 is 17.5 Å². The molecule has 0 N–H and O–H groups in total. The lowest BCUT2D eigenvalue weighted by Crippen LogP contribution is -2.33. The number of aromatic nitrogens is 3. The van der Waals surface area contributed by atoms with E-state index in [1.807, 2.05) is 18.2 Å². The molecular weight excluding hydrogens is 340 g/mol. The van der Waals surface area contributed by atoms with Crippen molar-refractivity contribution in [3.8, 4) is 11.5 Å². The molecule has 7 heteroatoms. The van der Waals surface area contributed by atoms with E-state index in [4.69, 9.17) is 16.0 Å². The number of hydrogen-bond donors (Lipinski definition) is 0. The molecule has 2 heterocycles. The molecule has 1 saturated carbocycles. The van der Waals surface area contributed by atoms with E-state index >= 15 is 0 Å². The number of carbonyl (C=O) groups is 1. The molecule has 0 aliphatic heterocycles. The molecule has 0 spiro atoms. The molecule has 4 rings (SSSR count). The first-order chi connectivity index (χ1) is 12.2. The Kier molecular flexibility index (Phi) is 4.19. The third-order valence-corrected chi connectivity index (χ3v) is 4.34. The Morgan fingerprint density at radius 2 is 1.96 bits per heavy atom. The second-order valence-corrected chi connectivity index (χ2v) is 6.27. The summed E-state index contributed by atoms with van der Waals surface area (Å²) in [5.74, 6) is 0.605. The Bertz CT molecular complexity index is 893. The second kappa shape index (κ2) is 6.64. The van der Waals surface area contributed by atoms with Crippen LogP contribution in [0.2, 0.25) is 5.02 Å². The molecule has 0 bridgehead atoms. The molecule has 0 atom stereocenters. The molecule has 0 radical (unpaired) electrons. The maximum Gasteiger partial charge on any atom is 0.273 e. The van der Waals surface area contributed by atoms with Gasteiger partial charge in [-0.15, -0.1) is 10.2 Å². The van der Waals surface area contributed by atoms with Gasteiger partial charge in [-0.2, -0.15) is 0 Å². The second-order valence-electron chi connectivity index (χ2n) is 5.86. The fourth-order valence-electron chi connectivity index (χ4n) is 2.60. The predicted molar refractivity (Wildman–Crippen MR) is 91.9 cm³/mol. The summed E-state index contributed by atoms with van der Waals surface area (Å²) >= 11 is 6.16. The van der Waals surface area contributed by atoms with E-state index in [9.17, 15) is 4.79 Å². The van der Waals surface area contributed by atoms with Crippen LogP contribution in [0.4, 0.5) is 0 Å². The number of benzene rings is 1. The fourth-order valence-corrected chi connectivity index (χ4v) is 2.81. The van der Waals surface area contributed by atoms with Gasteiger partial charge in [0.2, 0.25) is 11.8 Å². The molecule has 2 aromatic heterocycles. The standard InChI is InChI=1S/C18H15ClN4O2/c19-14-6-2-1-5-13(14)17-22-21-16(25-17)11-23(12-8-9-12)18(24)15-7-3-4-10-20-15/h1-7,10,12H,8-9,11H2. The zero-order valence-electron chi connectivity index (χ0n) is 13.3. The van der Waals surface area contributed by atoms with Crippen LogP contribution in [0.5, 0.6) is 0 Å². The monoisotopic (exact) mass is 354 g/mol. The largest absolute Gasteiger partial charge is 0.419 e. The van der Waals surface area contributed by atoms with Crippen molar-refractivity contribution in [2.45, 2.75) is 25.4 Å². The summed E-state index contributed by atoms with van der Waals surface area (Å²) < 4.78 is 5.72. The van der Waals surface area contributed by atoms with Gasteiger partial charge in [0.1, 0.15) is 5.69 Å². The van der Waals surface area contributed by atoms with Crippen molar-refractivity contribution in [2.24, 2.45) is 0 Å². The van der Waals surface area contributed by atoms with Crippen LogP contribution in [0, 0.1) is 0 Å². The first kappa shape index (κ1) is 15.8. The number of rotatable bonds is 5. The Balaban J connectivity index is 1.56. The molecule has 1 aliphatic carbocycles. The highest BCUT2D eigenvalue weighted by Crippen LogP contribution is 2.31. The number of carbonyl (C=O) groups excluding carboxylic acids is 1. The van der Waals surface area contributed by atoms with Crippen LogP contribution in [0.3, 0.4) is 0 Å². The quantitative estimate of drug-likeness (QED) is 0.700. The number of pyridine rings is 1. The fraction of sp³-hybridized carbons (Fsp3) is 0.222. The zero-order valence-corrected chi connectivity index (χ0v) is 14.1. The van der Waals surface area contributed by atoms with Crippen molar-refractivity contribution in [3.63, 3.8) is 0 Å². The van der Waals surface area contributed by atoms with E-state index in [1.165, 1.54) is 0 Å². The third-order valence-electron chi connectivity index (χ3n) is 4.01. The lowest BCUT2D eigenvalue weighted by molar-refractivity contribution is 0.0708. The minimum absolute atomic E-state index is 0.124. The summed E-state index contributed by atoms with van der Waals surface area (Å²) in [6, 6.07) is 12.8. The Morgan fingerprint density at radius 1 is 1.16 bits per heavy atom. The summed E-state index contributed by atoms with van der Waals surface area (Å²) in [4.78, 5) is 18.6. The molecule has 1 aromatic carbocycles. The van der Waals surface area contributed by atoms with Crippen molar-refractivity contribution in [1.29, 1.82) is 0 Å². The van der Waals surface area contributed by atoms with Gasteiger partial charge < -0.3 is 9.32 Å². The van der Waals surface area contributed by atoms with Gasteiger partial charge in [-0.3, -0.25) is 9.78 Å². The highest BCUT2D eigenvalue weighted by atomic mass is 35.5. The summed E-state index contributed by atoms with van der Waals surface area (Å²) in [6.07, 6.45) is 3.56. The SMILES string of the molecule is O=C(c1ccccn1)N(Cc1nnc(-c2ccccc2Cl)o1)C1CC1. The summed E-state index contributed by atoms with van der Waals surface area (Å²) in [5, 5.41) is 8.67. The average molecular weight is 355 g/mol. The highest BCUT2D eigenvalue weighted by Gasteiger charge is 2.34. The number of halogens is 1. The zero-order chi connectivity index (χ0) is 17.2. The minimum atomic E-state index is -0.124. The predicted octanol–water partition coefficient (Wildman–Crippen LogP) is 3.59. The Morgan fingerprint density at radius 3 is 2.68 bits per heavy atom. The van der Waals surface area contributed by atoms with Crippen LogP contribution < -0.4 is 0 Å². The minimum Gasteiger partial charge on any atom is -0.419 e. The normalized spacial score (nSPS) is 13.6. The highest BCUT2D eigenvalue weighted by molar-refractivity contribution is 6.33.